The summed E-state index contributed by atoms with van der Waals surface area (Å²) in [5.74, 6) is -0.298. The molecule has 0 atom stereocenters. The second-order valence-corrected chi connectivity index (χ2v) is 3.34. The third-order valence-corrected chi connectivity index (χ3v) is 1.84. The minimum atomic E-state index is -0.298. The summed E-state index contributed by atoms with van der Waals surface area (Å²) in [6.07, 6.45) is 0. The molecule has 0 spiro atoms. The lowest BCUT2D eigenvalue weighted by molar-refractivity contribution is 0.628. The van der Waals surface area contributed by atoms with Crippen LogP contribution < -0.4 is 5.32 Å². The van der Waals surface area contributed by atoms with Crippen molar-refractivity contribution >= 4 is 17.3 Å². The molecule has 1 rings (SSSR count). The molecule has 0 fully saturated rings. The first-order valence-corrected chi connectivity index (χ1v) is 4.30. The van der Waals surface area contributed by atoms with Gasteiger partial charge in [0, 0.05) is 6.54 Å². The fraction of sp³-hybridized carbons (Fsp3) is 0.200. The maximum atomic E-state index is 12.8. The monoisotopic (exact) mass is 199 g/mol. The van der Waals surface area contributed by atoms with E-state index in [0.717, 1.165) is 5.57 Å². The molecule has 0 bridgehead atoms. The number of rotatable bonds is 3. The lowest BCUT2D eigenvalue weighted by Gasteiger charge is -2.07. The van der Waals surface area contributed by atoms with Crippen LogP contribution in [0.15, 0.2) is 30.4 Å². The van der Waals surface area contributed by atoms with Crippen LogP contribution in [0.5, 0.6) is 0 Å². The molecule has 0 aliphatic carbocycles. The molecule has 0 heterocycles. The molecule has 3 heteroatoms. The van der Waals surface area contributed by atoms with Gasteiger partial charge in [0.2, 0.25) is 0 Å². The average molecular weight is 200 g/mol. The van der Waals surface area contributed by atoms with Gasteiger partial charge in [-0.3, -0.25) is 0 Å². The van der Waals surface area contributed by atoms with Crippen molar-refractivity contribution in [1.29, 1.82) is 0 Å². The zero-order valence-electron chi connectivity index (χ0n) is 7.40. The zero-order chi connectivity index (χ0) is 9.84. The molecular weight excluding hydrogens is 189 g/mol. The Morgan fingerprint density at radius 2 is 2.31 bits per heavy atom. The largest absolute Gasteiger partial charge is 0.380 e. The van der Waals surface area contributed by atoms with Crippen molar-refractivity contribution in [2.75, 3.05) is 11.9 Å². The van der Waals surface area contributed by atoms with Crippen molar-refractivity contribution in [3.8, 4) is 0 Å². The van der Waals surface area contributed by atoms with Crippen LogP contribution in [-0.2, 0) is 0 Å². The van der Waals surface area contributed by atoms with Gasteiger partial charge in [0.15, 0.2) is 0 Å². The standard InChI is InChI=1S/C10H11ClFN/c1-7(2)6-13-10-5-8(12)3-4-9(10)11/h3-5,13H,1,6H2,2H3. The van der Waals surface area contributed by atoms with E-state index in [1.54, 1.807) is 0 Å². The summed E-state index contributed by atoms with van der Waals surface area (Å²) in [6, 6.07) is 4.22. The lowest BCUT2D eigenvalue weighted by atomic mass is 10.3. The van der Waals surface area contributed by atoms with E-state index in [-0.39, 0.29) is 5.82 Å². The third-order valence-electron chi connectivity index (χ3n) is 1.51. The first-order chi connectivity index (χ1) is 6.09. The molecule has 1 nitrogen and oxygen atoms in total. The lowest BCUT2D eigenvalue weighted by Crippen LogP contribution is -2.02. The van der Waals surface area contributed by atoms with Crippen LogP contribution in [0, 0.1) is 5.82 Å². The zero-order valence-corrected chi connectivity index (χ0v) is 8.16. The molecule has 0 aliphatic rings. The van der Waals surface area contributed by atoms with Gasteiger partial charge in [-0.2, -0.15) is 0 Å². The first kappa shape index (κ1) is 10.1. The quantitative estimate of drug-likeness (QED) is 0.736. The van der Waals surface area contributed by atoms with Crippen molar-refractivity contribution in [3.05, 3.63) is 41.2 Å². The van der Waals surface area contributed by atoms with Crippen molar-refractivity contribution in [3.63, 3.8) is 0 Å². The number of anilines is 1. The Morgan fingerprint density at radius 1 is 1.62 bits per heavy atom. The Morgan fingerprint density at radius 3 is 2.92 bits per heavy atom. The van der Waals surface area contributed by atoms with Gasteiger partial charge in [0.25, 0.3) is 0 Å². The van der Waals surface area contributed by atoms with Crippen LogP contribution in [0.3, 0.4) is 0 Å². The number of hydrogen-bond acceptors (Lipinski definition) is 1. The smallest absolute Gasteiger partial charge is 0.125 e. The molecule has 0 radical (unpaired) electrons. The Labute approximate surface area is 82.2 Å². The molecule has 0 saturated carbocycles. The van der Waals surface area contributed by atoms with Gasteiger partial charge in [0.1, 0.15) is 5.82 Å². The van der Waals surface area contributed by atoms with Gasteiger partial charge in [-0.15, -0.1) is 0 Å². The van der Waals surface area contributed by atoms with Crippen LogP contribution in [0.2, 0.25) is 5.02 Å². The Bertz CT molecular complexity index is 323. The van der Waals surface area contributed by atoms with Crippen molar-refractivity contribution in [2.45, 2.75) is 6.92 Å². The molecule has 1 aromatic rings. The molecule has 0 amide bonds. The van der Waals surface area contributed by atoms with Gasteiger partial charge >= 0.3 is 0 Å². The van der Waals surface area contributed by atoms with E-state index >= 15 is 0 Å². The predicted molar refractivity (Wildman–Crippen MR) is 54.7 cm³/mol. The SMILES string of the molecule is C=C(C)CNc1cc(F)ccc1Cl. The minimum absolute atomic E-state index is 0.298. The van der Waals surface area contributed by atoms with Gasteiger partial charge in [-0.25, -0.2) is 4.39 Å². The number of nitrogens with one attached hydrogen (secondary N) is 1. The topological polar surface area (TPSA) is 12.0 Å². The highest BCUT2D eigenvalue weighted by atomic mass is 35.5. The highest BCUT2D eigenvalue weighted by molar-refractivity contribution is 6.33. The molecule has 1 N–H and O–H groups in total. The van der Waals surface area contributed by atoms with E-state index in [2.05, 4.69) is 11.9 Å². The molecule has 13 heavy (non-hydrogen) atoms. The summed E-state index contributed by atoms with van der Waals surface area (Å²) in [7, 11) is 0. The van der Waals surface area contributed by atoms with E-state index in [1.165, 1.54) is 18.2 Å². The summed E-state index contributed by atoms with van der Waals surface area (Å²) in [5, 5.41) is 3.50. The highest BCUT2D eigenvalue weighted by Gasteiger charge is 2.00. The van der Waals surface area contributed by atoms with Crippen molar-refractivity contribution in [1.82, 2.24) is 0 Å². The van der Waals surface area contributed by atoms with E-state index in [0.29, 0.717) is 17.3 Å². The summed E-state index contributed by atoms with van der Waals surface area (Å²) < 4.78 is 12.8. The van der Waals surface area contributed by atoms with E-state index < -0.39 is 0 Å². The number of hydrogen-bond donors (Lipinski definition) is 1. The normalized spacial score (nSPS) is 9.77. The molecule has 1 aromatic carbocycles. The third kappa shape index (κ3) is 3.07. The van der Waals surface area contributed by atoms with Crippen molar-refractivity contribution < 1.29 is 4.39 Å². The second-order valence-electron chi connectivity index (χ2n) is 2.93. The molecule has 0 aromatic heterocycles. The minimum Gasteiger partial charge on any atom is -0.380 e. The molecular formula is C10H11ClFN. The molecule has 0 saturated heterocycles. The first-order valence-electron chi connectivity index (χ1n) is 3.93. The van der Waals surface area contributed by atoms with Crippen LogP contribution in [0.4, 0.5) is 10.1 Å². The van der Waals surface area contributed by atoms with Crippen LogP contribution in [-0.4, -0.2) is 6.54 Å². The molecule has 0 aliphatic heterocycles. The van der Waals surface area contributed by atoms with Crippen LogP contribution >= 0.6 is 11.6 Å². The Hall–Kier alpha value is -1.02. The fourth-order valence-corrected chi connectivity index (χ4v) is 1.06. The van der Waals surface area contributed by atoms with Crippen LogP contribution in [0.25, 0.3) is 0 Å². The molecule has 0 unspecified atom stereocenters. The summed E-state index contributed by atoms with van der Waals surface area (Å²) in [6.45, 7) is 6.21. The summed E-state index contributed by atoms with van der Waals surface area (Å²) >= 11 is 5.82. The molecule has 70 valence electrons. The maximum absolute atomic E-state index is 12.8. The predicted octanol–water partition coefficient (Wildman–Crippen LogP) is 3.47. The van der Waals surface area contributed by atoms with Gasteiger partial charge in [0.05, 0.1) is 10.7 Å². The highest BCUT2D eigenvalue weighted by Crippen LogP contribution is 2.22. The average Bonchev–Trinajstić information content (AvgIpc) is 2.06. The summed E-state index contributed by atoms with van der Waals surface area (Å²) in [5.41, 5.74) is 1.57. The van der Waals surface area contributed by atoms with Crippen molar-refractivity contribution in [2.24, 2.45) is 0 Å². The number of halogens is 2. The van der Waals surface area contributed by atoms with Gasteiger partial charge < -0.3 is 5.32 Å². The van der Waals surface area contributed by atoms with Crippen LogP contribution in [0.1, 0.15) is 6.92 Å². The van der Waals surface area contributed by atoms with Gasteiger partial charge in [-0.1, -0.05) is 23.8 Å². The Balaban J connectivity index is 2.75. The second kappa shape index (κ2) is 4.28. The summed E-state index contributed by atoms with van der Waals surface area (Å²) in [4.78, 5) is 0. The number of benzene rings is 1. The van der Waals surface area contributed by atoms with E-state index in [9.17, 15) is 4.39 Å². The van der Waals surface area contributed by atoms with E-state index in [1.807, 2.05) is 6.92 Å². The maximum Gasteiger partial charge on any atom is 0.125 e. The van der Waals surface area contributed by atoms with E-state index in [4.69, 9.17) is 11.6 Å². The Kier molecular flexibility index (Phi) is 3.32. The fourth-order valence-electron chi connectivity index (χ4n) is 0.879. The van der Waals surface area contributed by atoms with Gasteiger partial charge in [-0.05, 0) is 25.1 Å².